The summed E-state index contributed by atoms with van der Waals surface area (Å²) in [6, 6.07) is 5.71. The minimum Gasteiger partial charge on any atom is -0.383 e. The number of anilines is 1. The highest BCUT2D eigenvalue weighted by atomic mass is 16.5. The van der Waals surface area contributed by atoms with Gasteiger partial charge in [-0.2, -0.15) is 0 Å². The predicted octanol–water partition coefficient (Wildman–Crippen LogP) is 0.106. The van der Waals surface area contributed by atoms with Crippen LogP contribution in [-0.4, -0.2) is 111 Å². The number of Topliss-reactive ketones (excluding diaryl/α,β-unsaturated/α-hetero) is 1. The van der Waals surface area contributed by atoms with Crippen molar-refractivity contribution in [1.82, 2.24) is 15.1 Å². The molecule has 36 heavy (non-hydrogen) atoms. The molecule has 0 saturated carbocycles. The van der Waals surface area contributed by atoms with Crippen molar-refractivity contribution in [1.29, 1.82) is 0 Å². The average Bonchev–Trinajstić information content (AvgIpc) is 3.42. The molecule has 2 amide bonds. The van der Waals surface area contributed by atoms with E-state index in [1.54, 1.807) is 19.2 Å². The number of nitrogens with two attached hydrogens (primary N) is 1. The molecule has 0 aromatic heterocycles. The van der Waals surface area contributed by atoms with Gasteiger partial charge in [-0.1, -0.05) is 13.8 Å². The average molecular weight is 502 g/mol. The summed E-state index contributed by atoms with van der Waals surface area (Å²) in [5.74, 6) is -0.543. The molecule has 3 fully saturated rings. The lowest BCUT2D eigenvalue weighted by atomic mass is 10.0. The SMILES string of the molecule is COCCN1CCN(c2ccc(C(=O)N[C@@H](CC(C)C)C(=O)N3C[C@H](N)[C@H]4OCC(=O)[C@H]43)cc2)CC1. The van der Waals surface area contributed by atoms with Gasteiger partial charge in [0.15, 0.2) is 5.78 Å². The molecule has 1 aromatic carbocycles. The standard InChI is InChI=1S/C26H39N5O5/c1-17(2)14-21(26(34)31-15-20(27)24-23(31)22(32)16-36-24)28-25(33)18-4-6-19(7-5-18)30-10-8-29(9-11-30)12-13-35-3/h4-7,17,20-21,23-24H,8-16,27H2,1-3H3,(H,28,33)/t20-,21-,23+,24+/m0/s1. The number of fused-ring (bicyclic) bond motifs is 1. The topological polar surface area (TPSA) is 117 Å². The van der Waals surface area contributed by atoms with Crippen molar-refractivity contribution < 1.29 is 23.9 Å². The van der Waals surface area contributed by atoms with E-state index >= 15 is 0 Å². The fourth-order valence-electron chi connectivity index (χ4n) is 5.33. The Morgan fingerprint density at radius 2 is 1.86 bits per heavy atom. The molecule has 10 heteroatoms. The maximum absolute atomic E-state index is 13.5. The molecule has 0 unspecified atom stereocenters. The Kier molecular flexibility index (Phi) is 8.61. The second-order valence-corrected chi connectivity index (χ2v) is 10.4. The van der Waals surface area contributed by atoms with E-state index in [0.717, 1.165) is 45.0 Å². The predicted molar refractivity (Wildman–Crippen MR) is 136 cm³/mol. The van der Waals surface area contributed by atoms with Crippen LogP contribution in [0.15, 0.2) is 24.3 Å². The number of rotatable bonds is 9. The molecule has 3 N–H and O–H groups in total. The third-order valence-corrected chi connectivity index (χ3v) is 7.30. The Labute approximate surface area is 213 Å². The van der Waals surface area contributed by atoms with Crippen LogP contribution in [0.2, 0.25) is 0 Å². The fourth-order valence-corrected chi connectivity index (χ4v) is 5.33. The van der Waals surface area contributed by atoms with E-state index in [0.29, 0.717) is 12.0 Å². The van der Waals surface area contributed by atoms with Gasteiger partial charge in [0.1, 0.15) is 24.8 Å². The highest BCUT2D eigenvalue weighted by Crippen LogP contribution is 2.28. The van der Waals surface area contributed by atoms with Crippen molar-refractivity contribution in [2.45, 2.75) is 44.5 Å². The Morgan fingerprint density at radius 1 is 1.17 bits per heavy atom. The Hall–Kier alpha value is -2.53. The largest absolute Gasteiger partial charge is 0.383 e. The first-order valence-electron chi connectivity index (χ1n) is 12.9. The van der Waals surface area contributed by atoms with E-state index in [9.17, 15) is 14.4 Å². The number of amides is 2. The van der Waals surface area contributed by atoms with E-state index in [4.69, 9.17) is 15.2 Å². The normalized spacial score (nSPS) is 25.4. The van der Waals surface area contributed by atoms with Crippen molar-refractivity contribution in [2.24, 2.45) is 11.7 Å². The van der Waals surface area contributed by atoms with Gasteiger partial charge in [0, 0.05) is 57.6 Å². The van der Waals surface area contributed by atoms with Crippen molar-refractivity contribution in [3.05, 3.63) is 29.8 Å². The van der Waals surface area contributed by atoms with E-state index < -0.39 is 24.2 Å². The summed E-state index contributed by atoms with van der Waals surface area (Å²) in [5.41, 5.74) is 7.71. The second-order valence-electron chi connectivity index (χ2n) is 10.4. The Balaban J connectivity index is 1.38. The van der Waals surface area contributed by atoms with Crippen molar-refractivity contribution in [3.63, 3.8) is 0 Å². The molecule has 198 valence electrons. The lowest BCUT2D eigenvalue weighted by molar-refractivity contribution is -0.138. The molecular formula is C26H39N5O5. The number of methoxy groups -OCH3 is 1. The number of hydrogen-bond acceptors (Lipinski definition) is 8. The minimum absolute atomic E-state index is 0.0252. The van der Waals surface area contributed by atoms with Crippen molar-refractivity contribution >= 4 is 23.3 Å². The highest BCUT2D eigenvalue weighted by Gasteiger charge is 2.52. The molecule has 0 aliphatic carbocycles. The smallest absolute Gasteiger partial charge is 0.251 e. The van der Waals surface area contributed by atoms with Crippen LogP contribution in [0.4, 0.5) is 5.69 Å². The van der Waals surface area contributed by atoms with E-state index in [1.807, 2.05) is 26.0 Å². The van der Waals surface area contributed by atoms with Gasteiger partial charge in [-0.05, 0) is 36.6 Å². The zero-order valence-corrected chi connectivity index (χ0v) is 21.5. The number of hydrogen-bond donors (Lipinski definition) is 2. The number of carbonyl (C=O) groups is 3. The third kappa shape index (κ3) is 5.88. The van der Waals surface area contributed by atoms with Gasteiger partial charge in [0.25, 0.3) is 5.91 Å². The molecule has 10 nitrogen and oxygen atoms in total. The van der Waals surface area contributed by atoms with Crippen LogP contribution in [0.1, 0.15) is 30.6 Å². The molecule has 3 saturated heterocycles. The van der Waals surface area contributed by atoms with Gasteiger partial charge in [0.05, 0.1) is 12.6 Å². The summed E-state index contributed by atoms with van der Waals surface area (Å²) < 4.78 is 10.7. The number of ether oxygens (including phenoxy) is 2. The molecule has 3 aliphatic heterocycles. The molecule has 4 rings (SSSR count). The molecule has 0 spiro atoms. The summed E-state index contributed by atoms with van der Waals surface area (Å²) in [7, 11) is 1.72. The van der Waals surface area contributed by atoms with Crippen LogP contribution in [-0.2, 0) is 19.1 Å². The van der Waals surface area contributed by atoms with Gasteiger partial charge < -0.3 is 30.3 Å². The van der Waals surface area contributed by atoms with Crippen LogP contribution < -0.4 is 16.0 Å². The van der Waals surface area contributed by atoms with Crippen LogP contribution >= 0.6 is 0 Å². The van der Waals surface area contributed by atoms with Crippen LogP contribution in [0.25, 0.3) is 0 Å². The van der Waals surface area contributed by atoms with Gasteiger partial charge >= 0.3 is 0 Å². The summed E-state index contributed by atoms with van der Waals surface area (Å²) >= 11 is 0. The first kappa shape index (κ1) is 26.5. The molecule has 3 aliphatic rings. The quantitative estimate of drug-likeness (QED) is 0.490. The summed E-state index contributed by atoms with van der Waals surface area (Å²) in [4.78, 5) is 45.1. The number of nitrogens with one attached hydrogen (secondary N) is 1. The summed E-state index contributed by atoms with van der Waals surface area (Å²) in [5, 5.41) is 2.92. The van der Waals surface area contributed by atoms with E-state index in [1.165, 1.54) is 4.90 Å². The van der Waals surface area contributed by atoms with Crippen LogP contribution in [0.3, 0.4) is 0 Å². The maximum Gasteiger partial charge on any atom is 0.251 e. The van der Waals surface area contributed by atoms with Crippen molar-refractivity contribution in [3.8, 4) is 0 Å². The summed E-state index contributed by atoms with van der Waals surface area (Å²) in [6.07, 6.45) is 0.00000278. The van der Waals surface area contributed by atoms with Gasteiger partial charge in [0.2, 0.25) is 5.91 Å². The first-order valence-corrected chi connectivity index (χ1v) is 12.9. The molecule has 3 heterocycles. The second kappa shape index (κ2) is 11.7. The molecule has 1 aromatic rings. The lowest BCUT2D eigenvalue weighted by Crippen LogP contribution is -2.52. The number of nitrogens with zero attached hydrogens (tertiary/aromatic N) is 3. The number of benzene rings is 1. The van der Waals surface area contributed by atoms with Gasteiger partial charge in [-0.15, -0.1) is 0 Å². The maximum atomic E-state index is 13.5. The highest BCUT2D eigenvalue weighted by molar-refractivity contribution is 5.99. The zero-order chi connectivity index (χ0) is 25.8. The monoisotopic (exact) mass is 501 g/mol. The van der Waals surface area contributed by atoms with Crippen molar-refractivity contribution in [2.75, 3.05) is 64.5 Å². The number of ketones is 1. The lowest BCUT2D eigenvalue weighted by Gasteiger charge is -2.36. The third-order valence-electron chi connectivity index (χ3n) is 7.30. The fraction of sp³-hybridized carbons (Fsp3) is 0.654. The number of carbonyl (C=O) groups excluding carboxylic acids is 3. The minimum atomic E-state index is -0.739. The van der Waals surface area contributed by atoms with E-state index in [-0.39, 0.29) is 36.7 Å². The van der Waals surface area contributed by atoms with Gasteiger partial charge in [-0.3, -0.25) is 19.3 Å². The molecule has 4 atom stereocenters. The first-order chi connectivity index (χ1) is 17.3. The van der Waals surface area contributed by atoms with Gasteiger partial charge in [-0.25, -0.2) is 0 Å². The summed E-state index contributed by atoms with van der Waals surface area (Å²) in [6.45, 7) is 9.68. The molecule has 0 radical (unpaired) electrons. The Bertz CT molecular complexity index is 931. The number of piperazine rings is 1. The molecular weight excluding hydrogens is 462 g/mol. The molecule has 0 bridgehead atoms. The van der Waals surface area contributed by atoms with Crippen LogP contribution in [0, 0.1) is 5.92 Å². The zero-order valence-electron chi connectivity index (χ0n) is 21.5. The van der Waals surface area contributed by atoms with E-state index in [2.05, 4.69) is 15.1 Å². The number of likely N-dealkylation sites (tertiary alicyclic amines) is 1. The Morgan fingerprint density at radius 3 is 2.50 bits per heavy atom. The van der Waals surface area contributed by atoms with Crippen LogP contribution in [0.5, 0.6) is 0 Å².